The van der Waals surface area contributed by atoms with E-state index in [1.807, 2.05) is 38.1 Å². The predicted octanol–water partition coefficient (Wildman–Crippen LogP) is 6.20. The maximum Gasteiger partial charge on any atom is 0.416 e. The van der Waals surface area contributed by atoms with Crippen molar-refractivity contribution in [2.45, 2.75) is 45.4 Å². The molecule has 1 atom stereocenters. The zero-order valence-corrected chi connectivity index (χ0v) is 19.0. The lowest BCUT2D eigenvalue weighted by molar-refractivity contribution is -0.138. The second-order valence-electron chi connectivity index (χ2n) is 8.25. The monoisotopic (exact) mass is 455 g/mol. The fourth-order valence-corrected chi connectivity index (χ4v) is 3.76. The standard InChI is InChI=1S/C27H28F3NO2/c1-4-26(33,22-8-6-5-7-9-22)25(32)31(24-15-10-19(2)20(3)18-24)17-16-21-11-13-23(14-12-21)27(28,29)30/h5-15,18,33H,4,16-17H2,1-3H3/t26-/m0/s1. The van der Waals surface area contributed by atoms with Crippen LogP contribution in [-0.4, -0.2) is 17.6 Å². The molecule has 0 aliphatic heterocycles. The fraction of sp³-hybridized carbons (Fsp3) is 0.296. The van der Waals surface area contributed by atoms with Crippen molar-refractivity contribution in [2.75, 3.05) is 11.4 Å². The van der Waals surface area contributed by atoms with Gasteiger partial charge in [-0.05, 0) is 73.2 Å². The minimum atomic E-state index is -4.40. The number of halogens is 3. The highest BCUT2D eigenvalue weighted by molar-refractivity contribution is 6.00. The molecule has 0 aromatic heterocycles. The van der Waals surface area contributed by atoms with Crippen LogP contribution in [0.4, 0.5) is 18.9 Å². The summed E-state index contributed by atoms with van der Waals surface area (Å²) in [6.45, 7) is 5.88. The molecule has 33 heavy (non-hydrogen) atoms. The Morgan fingerprint density at radius 3 is 2.06 bits per heavy atom. The molecule has 0 radical (unpaired) electrons. The molecule has 174 valence electrons. The Kier molecular flexibility index (Phi) is 7.28. The molecule has 0 bridgehead atoms. The number of amides is 1. The number of rotatable bonds is 7. The molecule has 3 aromatic rings. The molecule has 0 fully saturated rings. The number of anilines is 1. The van der Waals surface area contributed by atoms with Crippen LogP contribution < -0.4 is 4.90 Å². The number of carbonyl (C=O) groups excluding carboxylic acids is 1. The maximum atomic E-state index is 13.7. The van der Waals surface area contributed by atoms with Gasteiger partial charge in [0.05, 0.1) is 5.56 Å². The van der Waals surface area contributed by atoms with E-state index in [0.29, 0.717) is 23.2 Å². The highest BCUT2D eigenvalue weighted by Crippen LogP contribution is 2.32. The van der Waals surface area contributed by atoms with Gasteiger partial charge >= 0.3 is 6.18 Å². The van der Waals surface area contributed by atoms with Crippen molar-refractivity contribution in [2.24, 2.45) is 0 Å². The number of aliphatic hydroxyl groups is 1. The molecule has 0 spiro atoms. The lowest BCUT2D eigenvalue weighted by Crippen LogP contribution is -2.47. The van der Waals surface area contributed by atoms with E-state index in [4.69, 9.17) is 0 Å². The summed E-state index contributed by atoms with van der Waals surface area (Å²) in [6, 6.07) is 19.4. The fourth-order valence-electron chi connectivity index (χ4n) is 3.76. The summed E-state index contributed by atoms with van der Waals surface area (Å²) in [5, 5.41) is 11.4. The Labute approximate surface area is 192 Å². The smallest absolute Gasteiger partial charge is 0.375 e. The van der Waals surface area contributed by atoms with Crippen molar-refractivity contribution in [3.8, 4) is 0 Å². The number of aryl methyl sites for hydroxylation is 2. The third-order valence-corrected chi connectivity index (χ3v) is 6.07. The van der Waals surface area contributed by atoms with Crippen molar-refractivity contribution in [1.82, 2.24) is 0 Å². The van der Waals surface area contributed by atoms with E-state index in [2.05, 4.69) is 0 Å². The van der Waals surface area contributed by atoms with Gasteiger partial charge in [0, 0.05) is 12.2 Å². The van der Waals surface area contributed by atoms with Gasteiger partial charge in [-0.1, -0.05) is 55.5 Å². The molecule has 1 N–H and O–H groups in total. The minimum absolute atomic E-state index is 0.178. The van der Waals surface area contributed by atoms with Gasteiger partial charge < -0.3 is 10.0 Å². The summed E-state index contributed by atoms with van der Waals surface area (Å²) in [5.41, 5.74) is 1.45. The van der Waals surface area contributed by atoms with Gasteiger partial charge in [-0.25, -0.2) is 0 Å². The number of nitrogens with zero attached hydrogens (tertiary/aromatic N) is 1. The third kappa shape index (κ3) is 5.45. The molecule has 0 aliphatic rings. The third-order valence-electron chi connectivity index (χ3n) is 6.07. The first-order valence-corrected chi connectivity index (χ1v) is 10.9. The quantitative estimate of drug-likeness (QED) is 0.461. The molecule has 0 saturated heterocycles. The SMILES string of the molecule is CC[C@@](O)(C(=O)N(CCc1ccc(C(F)(F)F)cc1)c1ccc(C)c(C)c1)c1ccccc1. The van der Waals surface area contributed by atoms with Crippen LogP contribution in [-0.2, 0) is 23.0 Å². The first-order chi connectivity index (χ1) is 15.6. The van der Waals surface area contributed by atoms with Crippen LogP contribution in [0, 0.1) is 13.8 Å². The highest BCUT2D eigenvalue weighted by Gasteiger charge is 2.40. The molecule has 3 nitrogen and oxygen atoms in total. The normalized spacial score (nSPS) is 13.4. The number of hydrogen-bond acceptors (Lipinski definition) is 2. The van der Waals surface area contributed by atoms with Gasteiger partial charge in [0.25, 0.3) is 5.91 Å². The van der Waals surface area contributed by atoms with Crippen molar-refractivity contribution >= 4 is 11.6 Å². The van der Waals surface area contributed by atoms with Crippen molar-refractivity contribution in [1.29, 1.82) is 0 Å². The first kappa shape index (κ1) is 24.5. The van der Waals surface area contributed by atoms with Crippen LogP contribution in [0.5, 0.6) is 0 Å². The molecule has 6 heteroatoms. The largest absolute Gasteiger partial charge is 0.416 e. The number of hydrogen-bond donors (Lipinski definition) is 1. The predicted molar refractivity (Wildman–Crippen MR) is 124 cm³/mol. The van der Waals surface area contributed by atoms with Crippen LogP contribution in [0.15, 0.2) is 72.8 Å². The van der Waals surface area contributed by atoms with Gasteiger partial charge in [-0.2, -0.15) is 13.2 Å². The van der Waals surface area contributed by atoms with E-state index in [1.165, 1.54) is 17.0 Å². The first-order valence-electron chi connectivity index (χ1n) is 10.9. The summed E-state index contributed by atoms with van der Waals surface area (Å²) in [5.74, 6) is -0.466. The van der Waals surface area contributed by atoms with Crippen molar-refractivity contribution in [3.05, 3.63) is 101 Å². The molecule has 0 saturated carbocycles. The summed E-state index contributed by atoms with van der Waals surface area (Å²) in [4.78, 5) is 15.3. The Balaban J connectivity index is 1.94. The second-order valence-corrected chi connectivity index (χ2v) is 8.25. The van der Waals surface area contributed by atoms with E-state index in [9.17, 15) is 23.1 Å². The van der Waals surface area contributed by atoms with Gasteiger partial charge in [-0.15, -0.1) is 0 Å². The average molecular weight is 456 g/mol. The second kappa shape index (κ2) is 9.79. The molecular weight excluding hydrogens is 427 g/mol. The molecule has 3 aromatic carbocycles. The van der Waals surface area contributed by atoms with E-state index in [-0.39, 0.29) is 13.0 Å². The van der Waals surface area contributed by atoms with E-state index in [1.54, 1.807) is 31.2 Å². The maximum absolute atomic E-state index is 13.7. The topological polar surface area (TPSA) is 40.5 Å². The van der Waals surface area contributed by atoms with Gasteiger partial charge in [0.2, 0.25) is 0 Å². The lowest BCUT2D eigenvalue weighted by Gasteiger charge is -2.33. The number of benzene rings is 3. The highest BCUT2D eigenvalue weighted by atomic mass is 19.4. The van der Waals surface area contributed by atoms with E-state index >= 15 is 0 Å². The van der Waals surface area contributed by atoms with Gasteiger partial charge in [0.15, 0.2) is 5.60 Å². The van der Waals surface area contributed by atoms with E-state index < -0.39 is 23.2 Å². The minimum Gasteiger partial charge on any atom is -0.375 e. The van der Waals surface area contributed by atoms with Crippen molar-refractivity contribution < 1.29 is 23.1 Å². The van der Waals surface area contributed by atoms with Gasteiger partial charge in [0.1, 0.15) is 0 Å². The van der Waals surface area contributed by atoms with Crippen LogP contribution >= 0.6 is 0 Å². The van der Waals surface area contributed by atoms with Crippen LogP contribution in [0.2, 0.25) is 0 Å². The Morgan fingerprint density at radius 2 is 1.52 bits per heavy atom. The van der Waals surface area contributed by atoms with Crippen LogP contribution in [0.25, 0.3) is 0 Å². The van der Waals surface area contributed by atoms with E-state index in [0.717, 1.165) is 23.3 Å². The number of alkyl halides is 3. The Hall–Kier alpha value is -3.12. The van der Waals surface area contributed by atoms with Crippen LogP contribution in [0.1, 0.15) is 41.2 Å². The average Bonchev–Trinajstić information content (AvgIpc) is 2.81. The summed E-state index contributed by atoms with van der Waals surface area (Å²) >= 11 is 0. The zero-order valence-electron chi connectivity index (χ0n) is 19.0. The van der Waals surface area contributed by atoms with Crippen molar-refractivity contribution in [3.63, 3.8) is 0 Å². The summed E-state index contributed by atoms with van der Waals surface area (Å²) in [6.07, 6.45) is -3.88. The van der Waals surface area contributed by atoms with Crippen LogP contribution in [0.3, 0.4) is 0 Å². The Morgan fingerprint density at radius 1 is 0.879 bits per heavy atom. The molecule has 1 amide bonds. The molecule has 0 aliphatic carbocycles. The van der Waals surface area contributed by atoms with Gasteiger partial charge in [-0.3, -0.25) is 4.79 Å². The summed E-state index contributed by atoms with van der Waals surface area (Å²) < 4.78 is 38.6. The zero-order chi connectivity index (χ0) is 24.2. The Bertz CT molecular complexity index is 1090. The molecule has 3 rings (SSSR count). The molecule has 0 unspecified atom stereocenters. The lowest BCUT2D eigenvalue weighted by atomic mass is 9.89. The summed E-state index contributed by atoms with van der Waals surface area (Å²) in [7, 11) is 0. The molecule has 0 heterocycles. The molecular formula is C27H28F3NO2. The number of carbonyl (C=O) groups is 1.